The highest BCUT2D eigenvalue weighted by Crippen LogP contribution is 2.11. The molecule has 46 valence electrons. The molecule has 0 aliphatic heterocycles. The Hall–Kier alpha value is -0.160. The molecular formula is C3H5NO2S2. The molecule has 0 aromatic heterocycles. The van der Waals surface area contributed by atoms with E-state index in [1.165, 1.54) is 6.92 Å². The molecule has 0 saturated carbocycles. The molecule has 0 heterocycles. The van der Waals surface area contributed by atoms with Crippen LogP contribution < -0.4 is 0 Å². The lowest BCUT2D eigenvalue weighted by Crippen LogP contribution is -1.93. The average Bonchev–Trinajstić information content (AvgIpc) is 1.64. The Morgan fingerprint density at radius 1 is 1.62 bits per heavy atom. The van der Waals surface area contributed by atoms with Crippen LogP contribution in [0.5, 0.6) is 0 Å². The number of nitrogens with zero attached hydrogens (tertiary/aromatic N) is 1. The van der Waals surface area contributed by atoms with Crippen LogP contribution >= 0.6 is 25.3 Å². The maximum atomic E-state index is 9.79. The molecule has 0 aromatic rings. The van der Waals surface area contributed by atoms with Gasteiger partial charge in [-0.1, -0.05) is 0 Å². The molecular weight excluding hydrogens is 146 g/mol. The highest BCUT2D eigenvalue weighted by Gasteiger charge is 2.03. The quantitative estimate of drug-likeness (QED) is 0.337. The van der Waals surface area contributed by atoms with E-state index in [0.717, 1.165) is 0 Å². The molecule has 0 bridgehead atoms. The topological polar surface area (TPSA) is 43.1 Å². The third-order valence-corrected chi connectivity index (χ3v) is 1.24. The van der Waals surface area contributed by atoms with Crippen LogP contribution in [-0.4, -0.2) is 4.92 Å². The Labute approximate surface area is 57.7 Å². The van der Waals surface area contributed by atoms with Gasteiger partial charge in [-0.2, -0.15) is 0 Å². The van der Waals surface area contributed by atoms with Crippen LogP contribution in [0.4, 0.5) is 0 Å². The fraction of sp³-hybridized carbons (Fsp3) is 0.333. The molecule has 8 heavy (non-hydrogen) atoms. The van der Waals surface area contributed by atoms with Gasteiger partial charge in [-0.3, -0.25) is 10.1 Å². The van der Waals surface area contributed by atoms with Gasteiger partial charge in [-0.15, -0.1) is 25.3 Å². The van der Waals surface area contributed by atoms with Gasteiger partial charge >= 0.3 is 0 Å². The highest BCUT2D eigenvalue weighted by atomic mass is 32.2. The minimum Gasteiger partial charge on any atom is -0.259 e. The fourth-order valence-electron chi connectivity index (χ4n) is 0.0816. The lowest BCUT2D eigenvalue weighted by molar-refractivity contribution is -0.424. The van der Waals surface area contributed by atoms with Crippen molar-refractivity contribution in [2.24, 2.45) is 0 Å². The molecule has 0 fully saturated rings. The van der Waals surface area contributed by atoms with Gasteiger partial charge in [-0.25, -0.2) is 0 Å². The Balaban J connectivity index is 4.23. The van der Waals surface area contributed by atoms with E-state index in [9.17, 15) is 10.1 Å². The van der Waals surface area contributed by atoms with Gasteiger partial charge in [0.1, 0.15) is 4.24 Å². The van der Waals surface area contributed by atoms with Crippen LogP contribution in [0.15, 0.2) is 9.93 Å². The van der Waals surface area contributed by atoms with Gasteiger partial charge in [0.2, 0.25) is 0 Å². The molecule has 0 aliphatic rings. The fourth-order valence-corrected chi connectivity index (χ4v) is 0.245. The predicted molar refractivity (Wildman–Crippen MR) is 37.7 cm³/mol. The zero-order valence-electron chi connectivity index (χ0n) is 4.16. The van der Waals surface area contributed by atoms with Crippen LogP contribution in [0.25, 0.3) is 0 Å². The van der Waals surface area contributed by atoms with Crippen molar-refractivity contribution in [3.05, 3.63) is 20.0 Å². The maximum Gasteiger partial charge on any atom is 0.262 e. The number of nitro groups is 1. The third kappa shape index (κ3) is 2.23. The van der Waals surface area contributed by atoms with E-state index in [1.54, 1.807) is 0 Å². The van der Waals surface area contributed by atoms with Gasteiger partial charge in [0, 0.05) is 6.92 Å². The minimum atomic E-state index is -0.532. The number of allylic oxidation sites excluding steroid dienone is 1. The average molecular weight is 151 g/mol. The minimum absolute atomic E-state index is 0.0309. The van der Waals surface area contributed by atoms with Crippen LogP contribution in [0, 0.1) is 10.1 Å². The summed E-state index contributed by atoms with van der Waals surface area (Å²) in [5.74, 6) is 0. The molecule has 0 amide bonds. The Bertz CT molecular complexity index is 138. The molecule has 0 rings (SSSR count). The van der Waals surface area contributed by atoms with E-state index in [1.807, 2.05) is 0 Å². The van der Waals surface area contributed by atoms with Crippen molar-refractivity contribution >= 4 is 25.3 Å². The normalized spacial score (nSPS) is 8.38. The summed E-state index contributed by atoms with van der Waals surface area (Å²) in [7, 11) is 0. The summed E-state index contributed by atoms with van der Waals surface area (Å²) in [5, 5.41) is 9.79. The number of hydrogen-bond acceptors (Lipinski definition) is 4. The van der Waals surface area contributed by atoms with Gasteiger partial charge < -0.3 is 0 Å². The zero-order chi connectivity index (χ0) is 6.73. The third-order valence-electron chi connectivity index (χ3n) is 0.597. The van der Waals surface area contributed by atoms with Crippen LogP contribution in [-0.2, 0) is 0 Å². The summed E-state index contributed by atoms with van der Waals surface area (Å²) in [6, 6.07) is 0. The van der Waals surface area contributed by atoms with E-state index >= 15 is 0 Å². The summed E-state index contributed by atoms with van der Waals surface area (Å²) in [6.45, 7) is 1.34. The molecule has 0 saturated heterocycles. The summed E-state index contributed by atoms with van der Waals surface area (Å²) < 4.78 is 0.148. The van der Waals surface area contributed by atoms with E-state index in [2.05, 4.69) is 25.3 Å². The molecule has 3 nitrogen and oxygen atoms in total. The van der Waals surface area contributed by atoms with Crippen LogP contribution in [0.1, 0.15) is 6.92 Å². The van der Waals surface area contributed by atoms with Gasteiger partial charge in [-0.05, 0) is 0 Å². The Morgan fingerprint density at radius 3 is 2.00 bits per heavy atom. The lowest BCUT2D eigenvalue weighted by Gasteiger charge is -1.87. The summed E-state index contributed by atoms with van der Waals surface area (Å²) in [4.78, 5) is 9.26. The van der Waals surface area contributed by atoms with Crippen molar-refractivity contribution in [3.8, 4) is 0 Å². The second-order valence-electron chi connectivity index (χ2n) is 1.17. The smallest absolute Gasteiger partial charge is 0.259 e. The predicted octanol–water partition coefficient (Wildman–Crippen LogP) is 1.31. The molecule has 0 aromatic carbocycles. The van der Waals surface area contributed by atoms with E-state index < -0.39 is 4.92 Å². The van der Waals surface area contributed by atoms with Crippen molar-refractivity contribution in [2.75, 3.05) is 0 Å². The first-order valence-corrected chi connectivity index (χ1v) is 2.68. The molecule has 0 radical (unpaired) electrons. The van der Waals surface area contributed by atoms with Crippen molar-refractivity contribution < 1.29 is 4.92 Å². The van der Waals surface area contributed by atoms with E-state index in [-0.39, 0.29) is 9.93 Å². The Kier molecular flexibility index (Phi) is 2.93. The molecule has 0 N–H and O–H groups in total. The standard InChI is InChI=1S/C3H5NO2S2/c1-2(3(7)8)4(5)6/h7-8H,1H3. The van der Waals surface area contributed by atoms with Crippen molar-refractivity contribution in [1.29, 1.82) is 0 Å². The molecule has 5 heteroatoms. The maximum absolute atomic E-state index is 9.79. The second-order valence-corrected chi connectivity index (χ2v) is 2.41. The largest absolute Gasteiger partial charge is 0.262 e. The molecule has 0 unspecified atom stereocenters. The zero-order valence-corrected chi connectivity index (χ0v) is 5.95. The number of hydrogen-bond donors (Lipinski definition) is 2. The lowest BCUT2D eigenvalue weighted by atomic mass is 10.6. The molecule has 0 spiro atoms. The van der Waals surface area contributed by atoms with Crippen molar-refractivity contribution in [3.63, 3.8) is 0 Å². The van der Waals surface area contributed by atoms with E-state index in [4.69, 9.17) is 0 Å². The number of thiol groups is 2. The summed E-state index contributed by atoms with van der Waals surface area (Å²) >= 11 is 7.27. The molecule has 0 aliphatic carbocycles. The highest BCUT2D eigenvalue weighted by molar-refractivity contribution is 8.05. The SMILES string of the molecule is CC(=C(S)S)[N+](=O)[O-]. The summed E-state index contributed by atoms with van der Waals surface area (Å²) in [6.07, 6.45) is 0. The first kappa shape index (κ1) is 7.84. The van der Waals surface area contributed by atoms with E-state index in [0.29, 0.717) is 0 Å². The van der Waals surface area contributed by atoms with Crippen molar-refractivity contribution in [1.82, 2.24) is 0 Å². The second kappa shape index (κ2) is 2.99. The Morgan fingerprint density at radius 2 is 2.00 bits per heavy atom. The summed E-state index contributed by atoms with van der Waals surface area (Å²) in [5.41, 5.74) is -0.0309. The van der Waals surface area contributed by atoms with Gasteiger partial charge in [0.25, 0.3) is 5.70 Å². The monoisotopic (exact) mass is 151 g/mol. The first-order chi connectivity index (χ1) is 3.55. The first-order valence-electron chi connectivity index (χ1n) is 1.79. The van der Waals surface area contributed by atoms with Gasteiger partial charge in [0.05, 0.1) is 4.92 Å². The van der Waals surface area contributed by atoms with Gasteiger partial charge in [0.15, 0.2) is 0 Å². The number of rotatable bonds is 1. The van der Waals surface area contributed by atoms with Crippen LogP contribution in [0.3, 0.4) is 0 Å². The van der Waals surface area contributed by atoms with Crippen LogP contribution in [0.2, 0.25) is 0 Å². The van der Waals surface area contributed by atoms with Crippen molar-refractivity contribution in [2.45, 2.75) is 6.92 Å². The molecule has 0 atom stereocenters.